The summed E-state index contributed by atoms with van der Waals surface area (Å²) in [5.74, 6) is 0. The highest BCUT2D eigenvalue weighted by molar-refractivity contribution is 6.11. The molecule has 0 aliphatic rings. The summed E-state index contributed by atoms with van der Waals surface area (Å²) in [5, 5.41) is 2.52. The summed E-state index contributed by atoms with van der Waals surface area (Å²) in [5.41, 5.74) is 0.397. The number of anilines is 1. The molecule has 0 aliphatic heterocycles. The standard InChI is InChI=1S/C12H16N2O3/c1-3-13-11(15)14(12(16)17-4-2)10-8-6-5-7-9-10/h5-9H,3-4H2,1-2H3,(H,13,15)/i4D. The van der Waals surface area contributed by atoms with Gasteiger partial charge in [-0.15, -0.1) is 0 Å². The first-order valence-electron chi connectivity index (χ1n) is 5.89. The van der Waals surface area contributed by atoms with Crippen LogP contribution in [0.1, 0.15) is 15.2 Å². The molecule has 0 radical (unpaired) electrons. The van der Waals surface area contributed by atoms with Gasteiger partial charge in [-0.05, 0) is 26.0 Å². The highest BCUT2D eigenvalue weighted by Crippen LogP contribution is 2.14. The Labute approximate surface area is 102 Å². The molecule has 0 aromatic heterocycles. The van der Waals surface area contributed by atoms with Gasteiger partial charge in [0.15, 0.2) is 0 Å². The van der Waals surface area contributed by atoms with E-state index in [4.69, 9.17) is 6.11 Å². The van der Waals surface area contributed by atoms with Crippen molar-refractivity contribution in [3.05, 3.63) is 30.3 Å². The highest BCUT2D eigenvalue weighted by Gasteiger charge is 2.23. The lowest BCUT2D eigenvalue weighted by Crippen LogP contribution is -2.44. The lowest BCUT2D eigenvalue weighted by Gasteiger charge is -2.20. The number of rotatable bonds is 3. The third-order valence-electron chi connectivity index (χ3n) is 1.95. The van der Waals surface area contributed by atoms with E-state index >= 15 is 0 Å². The van der Waals surface area contributed by atoms with Crippen molar-refractivity contribution in [3.8, 4) is 0 Å². The first-order valence-corrected chi connectivity index (χ1v) is 5.32. The molecule has 0 aliphatic carbocycles. The van der Waals surface area contributed by atoms with Crippen molar-refractivity contribution in [2.24, 2.45) is 0 Å². The molecule has 1 unspecified atom stereocenters. The van der Waals surface area contributed by atoms with Gasteiger partial charge in [0.1, 0.15) is 0 Å². The molecular formula is C12H16N2O3. The zero-order valence-electron chi connectivity index (χ0n) is 10.8. The smallest absolute Gasteiger partial charge is 0.422 e. The van der Waals surface area contributed by atoms with Gasteiger partial charge >= 0.3 is 12.1 Å². The summed E-state index contributed by atoms with van der Waals surface area (Å²) >= 11 is 0. The topological polar surface area (TPSA) is 58.6 Å². The lowest BCUT2D eigenvalue weighted by atomic mass is 10.3. The summed E-state index contributed by atoms with van der Waals surface area (Å²) < 4.78 is 11.9. The van der Waals surface area contributed by atoms with E-state index in [9.17, 15) is 9.59 Å². The van der Waals surface area contributed by atoms with Crippen molar-refractivity contribution in [3.63, 3.8) is 0 Å². The molecule has 5 heteroatoms. The minimum absolute atomic E-state index is 0.395. The van der Waals surface area contributed by atoms with Gasteiger partial charge in [-0.1, -0.05) is 18.2 Å². The molecule has 0 saturated heterocycles. The van der Waals surface area contributed by atoms with Crippen LogP contribution in [0, 0.1) is 0 Å². The quantitative estimate of drug-likeness (QED) is 0.878. The molecule has 1 aromatic carbocycles. The van der Waals surface area contributed by atoms with E-state index in [2.05, 4.69) is 5.32 Å². The monoisotopic (exact) mass is 237 g/mol. The second-order valence-corrected chi connectivity index (χ2v) is 3.13. The summed E-state index contributed by atoms with van der Waals surface area (Å²) in [4.78, 5) is 24.5. The van der Waals surface area contributed by atoms with Crippen LogP contribution in [0.4, 0.5) is 15.3 Å². The molecule has 0 saturated carbocycles. The molecule has 0 spiro atoms. The fraction of sp³-hybridized carbons (Fsp3) is 0.333. The Balaban J connectivity index is 2.95. The first kappa shape index (κ1) is 11.4. The van der Waals surface area contributed by atoms with Crippen LogP contribution >= 0.6 is 0 Å². The fourth-order valence-corrected chi connectivity index (χ4v) is 1.27. The van der Waals surface area contributed by atoms with Gasteiger partial charge < -0.3 is 10.1 Å². The second-order valence-electron chi connectivity index (χ2n) is 3.13. The number of hydrogen-bond acceptors (Lipinski definition) is 3. The van der Waals surface area contributed by atoms with Gasteiger partial charge in [-0.25, -0.2) is 9.59 Å². The molecule has 0 heterocycles. The third-order valence-corrected chi connectivity index (χ3v) is 1.95. The second kappa shape index (κ2) is 6.52. The van der Waals surface area contributed by atoms with Gasteiger partial charge in [-0.2, -0.15) is 4.90 Å². The van der Waals surface area contributed by atoms with Gasteiger partial charge in [0.05, 0.1) is 13.6 Å². The molecule has 1 atom stereocenters. The van der Waals surface area contributed by atoms with Crippen LogP contribution in [0.3, 0.4) is 0 Å². The van der Waals surface area contributed by atoms with Crippen LogP contribution < -0.4 is 10.2 Å². The minimum Gasteiger partial charge on any atom is -0.449 e. The zero-order chi connectivity index (χ0) is 13.5. The SMILES string of the molecule is [2H]C(C)OC(=O)N(C(=O)NCC)c1ccccc1. The molecule has 1 rings (SSSR count). The molecule has 92 valence electrons. The Morgan fingerprint density at radius 1 is 1.35 bits per heavy atom. The van der Waals surface area contributed by atoms with E-state index in [0.29, 0.717) is 12.2 Å². The third kappa shape index (κ3) is 3.48. The van der Waals surface area contributed by atoms with Crippen LogP contribution in [0.25, 0.3) is 0 Å². The van der Waals surface area contributed by atoms with Gasteiger partial charge in [0.2, 0.25) is 0 Å². The molecule has 3 amide bonds. The molecule has 0 fully saturated rings. The predicted molar refractivity (Wildman–Crippen MR) is 65.0 cm³/mol. The number of urea groups is 1. The summed E-state index contributed by atoms with van der Waals surface area (Å²) in [6, 6.07) is 7.85. The average molecular weight is 237 g/mol. The molecule has 1 aromatic rings. The van der Waals surface area contributed by atoms with Crippen LogP contribution in [-0.2, 0) is 4.74 Å². The van der Waals surface area contributed by atoms with Gasteiger partial charge in [0.25, 0.3) is 0 Å². The Hall–Kier alpha value is -2.04. The number of benzene rings is 1. The highest BCUT2D eigenvalue weighted by atomic mass is 16.6. The van der Waals surface area contributed by atoms with Crippen LogP contribution in [-0.4, -0.2) is 25.3 Å². The molecular weight excluding hydrogens is 220 g/mol. The van der Waals surface area contributed by atoms with Crippen molar-refractivity contribution in [1.82, 2.24) is 5.32 Å². The Bertz CT molecular complexity index is 409. The van der Waals surface area contributed by atoms with E-state index in [1.165, 1.54) is 6.92 Å². The fourth-order valence-electron chi connectivity index (χ4n) is 1.27. The van der Waals surface area contributed by atoms with Crippen molar-refractivity contribution in [1.29, 1.82) is 0 Å². The number of nitrogens with zero attached hydrogens (tertiary/aromatic N) is 1. The first-order chi connectivity index (χ1) is 8.56. The Morgan fingerprint density at radius 2 is 2.00 bits per heavy atom. The van der Waals surface area contributed by atoms with Crippen LogP contribution in [0.15, 0.2) is 30.3 Å². The maximum absolute atomic E-state index is 11.8. The number of imide groups is 1. The number of para-hydroxylation sites is 1. The average Bonchev–Trinajstić information content (AvgIpc) is 2.30. The van der Waals surface area contributed by atoms with E-state index in [-0.39, 0.29) is 0 Å². The Kier molecular flexibility index (Phi) is 4.39. The minimum atomic E-state index is -1.03. The van der Waals surface area contributed by atoms with Crippen molar-refractivity contribution in [2.45, 2.75) is 13.8 Å². The van der Waals surface area contributed by atoms with Crippen LogP contribution in [0.5, 0.6) is 0 Å². The summed E-state index contributed by atoms with van der Waals surface area (Å²) in [7, 11) is 0. The van der Waals surface area contributed by atoms with Crippen molar-refractivity contribution < 1.29 is 15.7 Å². The predicted octanol–water partition coefficient (Wildman–Crippen LogP) is 2.38. The lowest BCUT2D eigenvalue weighted by molar-refractivity contribution is 0.160. The van der Waals surface area contributed by atoms with Gasteiger partial charge in [-0.3, -0.25) is 0 Å². The van der Waals surface area contributed by atoms with Gasteiger partial charge in [0, 0.05) is 6.54 Å². The summed E-state index contributed by atoms with van der Waals surface area (Å²) in [6.45, 7) is 2.52. The number of carbonyl (C=O) groups excluding carboxylic acids is 2. The van der Waals surface area contributed by atoms with Crippen molar-refractivity contribution in [2.75, 3.05) is 18.0 Å². The number of nitrogens with one attached hydrogen (secondary N) is 1. The number of carbonyl (C=O) groups is 2. The van der Waals surface area contributed by atoms with E-state index < -0.39 is 18.7 Å². The largest absolute Gasteiger partial charge is 0.449 e. The van der Waals surface area contributed by atoms with Crippen LogP contribution in [0.2, 0.25) is 0 Å². The van der Waals surface area contributed by atoms with E-state index in [0.717, 1.165) is 4.90 Å². The number of hydrogen-bond donors (Lipinski definition) is 1. The van der Waals surface area contributed by atoms with E-state index in [1.54, 1.807) is 37.3 Å². The molecule has 5 nitrogen and oxygen atoms in total. The maximum Gasteiger partial charge on any atom is 0.422 e. The molecule has 17 heavy (non-hydrogen) atoms. The van der Waals surface area contributed by atoms with E-state index in [1.807, 2.05) is 0 Å². The molecule has 0 bridgehead atoms. The molecule has 1 N–H and O–H groups in total. The zero-order valence-corrected chi connectivity index (χ0v) is 9.84. The normalized spacial score (nSPS) is 12.2. The number of ether oxygens (including phenoxy) is 1. The summed E-state index contributed by atoms with van der Waals surface area (Å²) in [6.07, 6.45) is -0.866. The van der Waals surface area contributed by atoms with Crippen molar-refractivity contribution >= 4 is 17.8 Å². The maximum atomic E-state index is 11.8. The Morgan fingerprint density at radius 3 is 2.53 bits per heavy atom. The number of amides is 3.